The van der Waals surface area contributed by atoms with Crippen LogP contribution in [0.15, 0.2) is 23.1 Å². The molecule has 1 atom stereocenters. The van der Waals surface area contributed by atoms with Gasteiger partial charge in [0.2, 0.25) is 10.0 Å². The van der Waals surface area contributed by atoms with Gasteiger partial charge in [0.1, 0.15) is 0 Å². The van der Waals surface area contributed by atoms with Crippen molar-refractivity contribution in [3.63, 3.8) is 0 Å². The number of hydrogen-bond donors (Lipinski definition) is 1. The lowest BCUT2D eigenvalue weighted by Gasteiger charge is -2.31. The Morgan fingerprint density at radius 2 is 1.56 bits per heavy atom. The lowest BCUT2D eigenvalue weighted by molar-refractivity contribution is -0.143. The molecule has 4 nitrogen and oxygen atoms in total. The Balaban J connectivity index is 2.53. The summed E-state index contributed by atoms with van der Waals surface area (Å²) >= 11 is 0. The highest BCUT2D eigenvalue weighted by Crippen LogP contribution is 2.38. The SMILES string of the molecule is O=S(=O)(c1cc(C(F)(F)F)cc(C(F)(F)F)c1)N1CCCC(CO)C1. The van der Waals surface area contributed by atoms with E-state index in [1.165, 1.54) is 0 Å². The van der Waals surface area contributed by atoms with Crippen LogP contribution in [-0.2, 0) is 22.4 Å². The molecule has 0 amide bonds. The topological polar surface area (TPSA) is 57.6 Å². The van der Waals surface area contributed by atoms with Crippen molar-refractivity contribution in [3.8, 4) is 0 Å². The van der Waals surface area contributed by atoms with Gasteiger partial charge in [-0.05, 0) is 37.0 Å². The van der Waals surface area contributed by atoms with Gasteiger partial charge in [-0.25, -0.2) is 8.42 Å². The first-order valence-corrected chi connectivity index (χ1v) is 8.70. The van der Waals surface area contributed by atoms with Crippen molar-refractivity contribution >= 4 is 10.0 Å². The van der Waals surface area contributed by atoms with Gasteiger partial charge in [-0.3, -0.25) is 0 Å². The van der Waals surface area contributed by atoms with Crippen LogP contribution in [0.4, 0.5) is 26.3 Å². The number of nitrogens with zero attached hydrogens (tertiary/aromatic N) is 1. The highest BCUT2D eigenvalue weighted by molar-refractivity contribution is 7.89. The molecule has 0 aromatic heterocycles. The van der Waals surface area contributed by atoms with E-state index in [0.29, 0.717) is 12.8 Å². The largest absolute Gasteiger partial charge is 0.416 e. The molecule has 1 aromatic rings. The first-order chi connectivity index (χ1) is 11.4. The maximum absolute atomic E-state index is 12.9. The molecule has 25 heavy (non-hydrogen) atoms. The number of aliphatic hydroxyl groups is 1. The van der Waals surface area contributed by atoms with Gasteiger partial charge in [-0.2, -0.15) is 30.6 Å². The molecule has 11 heteroatoms. The lowest BCUT2D eigenvalue weighted by atomic mass is 10.0. The van der Waals surface area contributed by atoms with Crippen molar-refractivity contribution in [2.24, 2.45) is 5.92 Å². The molecule has 0 saturated carbocycles. The van der Waals surface area contributed by atoms with Crippen LogP contribution in [0.3, 0.4) is 0 Å². The summed E-state index contributed by atoms with van der Waals surface area (Å²) in [6.45, 7) is -0.505. The molecule has 142 valence electrons. The average molecular weight is 391 g/mol. The Morgan fingerprint density at radius 3 is 2.00 bits per heavy atom. The normalized spacial score (nSPS) is 20.7. The molecule has 1 unspecified atom stereocenters. The van der Waals surface area contributed by atoms with Crippen LogP contribution < -0.4 is 0 Å². The molecular formula is C14H15F6NO3S. The number of rotatable bonds is 3. The van der Waals surface area contributed by atoms with Crippen molar-refractivity contribution in [3.05, 3.63) is 29.3 Å². The Kier molecular flexibility index (Phi) is 5.41. The zero-order chi connectivity index (χ0) is 19.0. The predicted molar refractivity (Wildman–Crippen MR) is 75.0 cm³/mol. The number of hydrogen-bond acceptors (Lipinski definition) is 3. The molecular weight excluding hydrogens is 376 g/mol. The number of sulfonamides is 1. The highest BCUT2D eigenvalue weighted by Gasteiger charge is 2.39. The summed E-state index contributed by atoms with van der Waals surface area (Å²) in [6.07, 6.45) is -9.36. The van der Waals surface area contributed by atoms with Crippen LogP contribution in [0.2, 0.25) is 0 Å². The summed E-state index contributed by atoms with van der Waals surface area (Å²) in [5.74, 6) is -0.406. The Bertz CT molecular complexity index is 697. The second-order valence-electron chi connectivity index (χ2n) is 5.80. The molecule has 1 fully saturated rings. The van der Waals surface area contributed by atoms with Gasteiger partial charge in [0.05, 0.1) is 16.0 Å². The van der Waals surface area contributed by atoms with Crippen LogP contribution in [0.25, 0.3) is 0 Å². The van der Waals surface area contributed by atoms with Crippen LogP contribution in [-0.4, -0.2) is 37.5 Å². The van der Waals surface area contributed by atoms with Crippen LogP contribution in [0, 0.1) is 5.92 Å². The maximum Gasteiger partial charge on any atom is 0.416 e. The molecule has 0 bridgehead atoms. The molecule has 1 aromatic carbocycles. The molecule has 2 rings (SSSR count). The fourth-order valence-corrected chi connectivity index (χ4v) is 4.25. The van der Waals surface area contributed by atoms with Gasteiger partial charge in [0, 0.05) is 19.7 Å². The number of benzene rings is 1. The van der Waals surface area contributed by atoms with Crippen molar-refractivity contribution in [2.75, 3.05) is 19.7 Å². The van der Waals surface area contributed by atoms with Gasteiger partial charge in [-0.1, -0.05) is 0 Å². The molecule has 1 aliphatic heterocycles. The number of halogens is 6. The van der Waals surface area contributed by atoms with E-state index in [4.69, 9.17) is 5.11 Å². The zero-order valence-electron chi connectivity index (χ0n) is 12.7. The predicted octanol–water partition coefficient (Wildman–Crippen LogP) is 3.12. The molecule has 1 aliphatic rings. The minimum atomic E-state index is -5.12. The quantitative estimate of drug-likeness (QED) is 0.806. The summed E-state index contributed by atoms with van der Waals surface area (Å²) in [5.41, 5.74) is -3.37. The summed E-state index contributed by atoms with van der Waals surface area (Å²) in [4.78, 5) is -1.06. The third-order valence-corrected chi connectivity index (χ3v) is 5.78. The Morgan fingerprint density at radius 1 is 1.04 bits per heavy atom. The monoisotopic (exact) mass is 391 g/mol. The third-order valence-electron chi connectivity index (χ3n) is 3.94. The zero-order valence-corrected chi connectivity index (χ0v) is 13.5. The summed E-state index contributed by atoms with van der Waals surface area (Å²) in [7, 11) is -4.55. The van der Waals surface area contributed by atoms with E-state index >= 15 is 0 Å². The average Bonchev–Trinajstić information content (AvgIpc) is 2.52. The Hall–Kier alpha value is -1.33. The maximum atomic E-state index is 12.9. The molecule has 0 radical (unpaired) electrons. The minimum Gasteiger partial charge on any atom is -0.396 e. The van der Waals surface area contributed by atoms with Crippen LogP contribution in [0.5, 0.6) is 0 Å². The van der Waals surface area contributed by atoms with Gasteiger partial charge in [0.25, 0.3) is 0 Å². The van der Waals surface area contributed by atoms with Gasteiger partial charge in [0.15, 0.2) is 0 Å². The molecule has 0 aliphatic carbocycles. The molecule has 1 heterocycles. The van der Waals surface area contributed by atoms with E-state index < -0.39 is 44.3 Å². The highest BCUT2D eigenvalue weighted by atomic mass is 32.2. The molecule has 1 saturated heterocycles. The first kappa shape index (κ1) is 20.0. The van der Waals surface area contributed by atoms with Gasteiger partial charge < -0.3 is 5.11 Å². The fourth-order valence-electron chi connectivity index (χ4n) is 2.62. The van der Waals surface area contributed by atoms with E-state index in [1.54, 1.807) is 0 Å². The lowest BCUT2D eigenvalue weighted by Crippen LogP contribution is -2.41. The summed E-state index contributed by atoms with van der Waals surface area (Å²) in [6, 6.07) is 0.284. The van der Waals surface area contributed by atoms with Crippen molar-refractivity contribution in [1.29, 1.82) is 0 Å². The van der Waals surface area contributed by atoms with Crippen molar-refractivity contribution in [2.45, 2.75) is 30.1 Å². The van der Waals surface area contributed by atoms with Crippen LogP contribution >= 0.6 is 0 Å². The number of alkyl halides is 6. The van der Waals surface area contributed by atoms with Crippen molar-refractivity contribution < 1.29 is 39.9 Å². The smallest absolute Gasteiger partial charge is 0.396 e. The van der Waals surface area contributed by atoms with E-state index in [0.717, 1.165) is 4.31 Å². The van der Waals surface area contributed by atoms with Crippen molar-refractivity contribution in [1.82, 2.24) is 4.31 Å². The number of piperidine rings is 1. The van der Waals surface area contributed by atoms with E-state index in [-0.39, 0.29) is 37.9 Å². The van der Waals surface area contributed by atoms with E-state index in [9.17, 15) is 34.8 Å². The van der Waals surface area contributed by atoms with Crippen LogP contribution in [0.1, 0.15) is 24.0 Å². The summed E-state index contributed by atoms with van der Waals surface area (Å²) < 4.78 is 103. The standard InChI is InChI=1S/C14H15F6NO3S/c15-13(16,17)10-4-11(14(18,19)20)6-12(5-10)25(23,24)21-3-1-2-9(7-21)8-22/h4-6,9,22H,1-3,7-8H2. The summed E-state index contributed by atoms with van der Waals surface area (Å²) in [5, 5.41) is 9.13. The third kappa shape index (κ3) is 4.45. The number of aliphatic hydroxyl groups excluding tert-OH is 1. The van der Waals surface area contributed by atoms with E-state index in [1.807, 2.05) is 0 Å². The fraction of sp³-hybridized carbons (Fsp3) is 0.571. The van der Waals surface area contributed by atoms with Gasteiger partial charge in [-0.15, -0.1) is 0 Å². The second-order valence-corrected chi connectivity index (χ2v) is 7.73. The molecule has 0 spiro atoms. The second kappa shape index (κ2) is 6.76. The first-order valence-electron chi connectivity index (χ1n) is 7.26. The van der Waals surface area contributed by atoms with E-state index in [2.05, 4.69) is 0 Å². The molecule has 1 N–H and O–H groups in total. The minimum absolute atomic E-state index is 0.0313. The van der Waals surface area contributed by atoms with Gasteiger partial charge >= 0.3 is 12.4 Å². The Labute approximate surface area is 140 Å².